The van der Waals surface area contributed by atoms with Crippen molar-refractivity contribution >= 4 is 5.91 Å². The summed E-state index contributed by atoms with van der Waals surface area (Å²) in [6.45, 7) is 12.3. The molecule has 1 amide bonds. The van der Waals surface area contributed by atoms with Crippen molar-refractivity contribution in [2.24, 2.45) is 0 Å². The maximum Gasteiger partial charge on any atom is 0.257 e. The number of methoxy groups -OCH3 is 1. The van der Waals surface area contributed by atoms with Gasteiger partial charge in [-0.2, -0.15) is 0 Å². The average Bonchev–Trinajstić information content (AvgIpc) is 2.56. The molecule has 1 aliphatic rings. The molecule has 152 valence electrons. The first kappa shape index (κ1) is 21.5. The van der Waals surface area contributed by atoms with Gasteiger partial charge in [-0.05, 0) is 65.2 Å². The summed E-state index contributed by atoms with van der Waals surface area (Å²) in [6.07, 6.45) is 2.17. The average molecular weight is 378 g/mol. The van der Waals surface area contributed by atoms with Crippen molar-refractivity contribution < 1.29 is 14.3 Å². The molecule has 1 saturated heterocycles. The molecular weight excluding hydrogens is 342 g/mol. The van der Waals surface area contributed by atoms with Crippen LogP contribution >= 0.6 is 0 Å². The number of carbonyl (C=O) groups is 1. The highest BCUT2D eigenvalue weighted by Crippen LogP contribution is 2.30. The number of amides is 1. The molecule has 6 nitrogen and oxygen atoms in total. The molecule has 1 aromatic rings. The van der Waals surface area contributed by atoms with Crippen LogP contribution in [0.2, 0.25) is 0 Å². The van der Waals surface area contributed by atoms with Gasteiger partial charge < -0.3 is 25.4 Å². The van der Waals surface area contributed by atoms with Crippen LogP contribution in [0.1, 0.15) is 53.0 Å². The number of ether oxygens (including phenoxy) is 2. The first-order valence-electron chi connectivity index (χ1n) is 9.73. The summed E-state index contributed by atoms with van der Waals surface area (Å²) in [5, 5.41) is 10.1. The second kappa shape index (κ2) is 8.93. The molecule has 6 heteroatoms. The van der Waals surface area contributed by atoms with E-state index < -0.39 is 0 Å². The Balaban J connectivity index is 1.96. The zero-order chi connectivity index (χ0) is 20.1. The molecule has 0 spiro atoms. The zero-order valence-corrected chi connectivity index (χ0v) is 17.6. The van der Waals surface area contributed by atoms with Gasteiger partial charge in [-0.25, -0.2) is 0 Å². The second-order valence-corrected chi connectivity index (χ2v) is 8.61. The molecule has 1 heterocycles. The van der Waals surface area contributed by atoms with Crippen LogP contribution in [-0.4, -0.2) is 43.3 Å². The van der Waals surface area contributed by atoms with Crippen molar-refractivity contribution in [3.63, 3.8) is 0 Å². The van der Waals surface area contributed by atoms with Gasteiger partial charge in [0.25, 0.3) is 5.91 Å². The number of hydrogen-bond donors (Lipinski definition) is 3. The van der Waals surface area contributed by atoms with Gasteiger partial charge in [0.15, 0.2) is 18.1 Å². The number of rotatable bonds is 8. The van der Waals surface area contributed by atoms with Crippen LogP contribution in [0.5, 0.6) is 11.5 Å². The third-order valence-corrected chi connectivity index (χ3v) is 4.75. The highest BCUT2D eigenvalue weighted by Gasteiger charge is 2.37. The Hall–Kier alpha value is -1.79. The van der Waals surface area contributed by atoms with Gasteiger partial charge in [0.2, 0.25) is 0 Å². The maximum absolute atomic E-state index is 11.6. The lowest BCUT2D eigenvalue weighted by atomic mass is 9.79. The minimum absolute atomic E-state index is 0.0129. The highest BCUT2D eigenvalue weighted by atomic mass is 16.5. The van der Waals surface area contributed by atoms with Crippen molar-refractivity contribution in [2.75, 3.05) is 20.3 Å². The van der Waals surface area contributed by atoms with Gasteiger partial charge in [-0.3, -0.25) is 4.79 Å². The van der Waals surface area contributed by atoms with E-state index in [0.29, 0.717) is 24.1 Å². The Bertz CT molecular complexity index is 628. The summed E-state index contributed by atoms with van der Waals surface area (Å²) in [7, 11) is 1.61. The fourth-order valence-electron chi connectivity index (χ4n) is 4.06. The van der Waals surface area contributed by atoms with Crippen LogP contribution in [-0.2, 0) is 11.3 Å². The van der Waals surface area contributed by atoms with Crippen molar-refractivity contribution in [3.05, 3.63) is 23.8 Å². The number of piperidine rings is 1. The molecule has 1 aliphatic heterocycles. The fourth-order valence-corrected chi connectivity index (χ4v) is 4.06. The molecule has 1 fully saturated rings. The molecule has 27 heavy (non-hydrogen) atoms. The molecule has 0 saturated carbocycles. The van der Waals surface area contributed by atoms with Crippen LogP contribution in [0.4, 0.5) is 0 Å². The molecule has 0 aromatic heterocycles. The third-order valence-electron chi connectivity index (χ3n) is 4.75. The lowest BCUT2D eigenvalue weighted by molar-refractivity contribution is -0.123. The Morgan fingerprint density at radius 2 is 1.85 bits per heavy atom. The smallest absolute Gasteiger partial charge is 0.257 e. The molecular formula is C21H35N3O3. The van der Waals surface area contributed by atoms with Gasteiger partial charge in [0, 0.05) is 30.2 Å². The van der Waals surface area contributed by atoms with E-state index in [1.165, 1.54) is 0 Å². The zero-order valence-electron chi connectivity index (χ0n) is 17.6. The topological polar surface area (TPSA) is 71.6 Å². The SMILES string of the molecule is CCNC(=O)COc1ccc(CNC2CC(C)(C)NC(C)(C)C2)cc1OC. The summed E-state index contributed by atoms with van der Waals surface area (Å²) < 4.78 is 11.0. The molecule has 0 radical (unpaired) electrons. The molecule has 0 bridgehead atoms. The van der Waals surface area contributed by atoms with E-state index in [9.17, 15) is 4.79 Å². The maximum atomic E-state index is 11.6. The van der Waals surface area contributed by atoms with E-state index in [-0.39, 0.29) is 23.6 Å². The number of benzene rings is 1. The van der Waals surface area contributed by atoms with E-state index in [1.54, 1.807) is 7.11 Å². The molecule has 1 aromatic carbocycles. The monoisotopic (exact) mass is 377 g/mol. The lowest BCUT2D eigenvalue weighted by Gasteiger charge is -2.46. The van der Waals surface area contributed by atoms with Crippen LogP contribution in [0.3, 0.4) is 0 Å². The molecule has 3 N–H and O–H groups in total. The largest absolute Gasteiger partial charge is 0.493 e. The van der Waals surface area contributed by atoms with Crippen LogP contribution in [0.25, 0.3) is 0 Å². The lowest BCUT2D eigenvalue weighted by Crippen LogP contribution is -2.61. The van der Waals surface area contributed by atoms with E-state index >= 15 is 0 Å². The summed E-state index contributed by atoms with van der Waals surface area (Å²) in [4.78, 5) is 11.6. The predicted molar refractivity (Wildman–Crippen MR) is 108 cm³/mol. The van der Waals surface area contributed by atoms with Crippen LogP contribution in [0, 0.1) is 0 Å². The van der Waals surface area contributed by atoms with Crippen LogP contribution < -0.4 is 25.4 Å². The second-order valence-electron chi connectivity index (χ2n) is 8.61. The van der Waals surface area contributed by atoms with Crippen molar-refractivity contribution in [2.45, 2.75) is 71.1 Å². The van der Waals surface area contributed by atoms with Gasteiger partial charge in [0.05, 0.1) is 7.11 Å². The summed E-state index contributed by atoms with van der Waals surface area (Å²) in [6, 6.07) is 6.30. The summed E-state index contributed by atoms with van der Waals surface area (Å²) >= 11 is 0. The Kier molecular flexibility index (Phi) is 7.12. The number of hydrogen-bond acceptors (Lipinski definition) is 5. The fraction of sp³-hybridized carbons (Fsp3) is 0.667. The van der Waals surface area contributed by atoms with Crippen molar-refractivity contribution in [1.29, 1.82) is 0 Å². The minimum Gasteiger partial charge on any atom is -0.493 e. The highest BCUT2D eigenvalue weighted by molar-refractivity contribution is 5.77. The van der Waals surface area contributed by atoms with Gasteiger partial charge >= 0.3 is 0 Å². The Labute approximate surface area is 163 Å². The van der Waals surface area contributed by atoms with E-state index in [1.807, 2.05) is 25.1 Å². The first-order chi connectivity index (χ1) is 12.6. The molecule has 0 aliphatic carbocycles. The van der Waals surface area contributed by atoms with E-state index in [2.05, 4.69) is 43.6 Å². The normalized spacial score (nSPS) is 18.7. The van der Waals surface area contributed by atoms with E-state index in [4.69, 9.17) is 9.47 Å². The van der Waals surface area contributed by atoms with E-state index in [0.717, 1.165) is 24.9 Å². The van der Waals surface area contributed by atoms with Crippen molar-refractivity contribution in [3.8, 4) is 11.5 Å². The Morgan fingerprint density at radius 3 is 2.44 bits per heavy atom. The number of likely N-dealkylation sites (N-methyl/N-ethyl adjacent to an activating group) is 1. The molecule has 2 rings (SSSR count). The first-order valence-corrected chi connectivity index (χ1v) is 9.73. The van der Waals surface area contributed by atoms with Crippen LogP contribution in [0.15, 0.2) is 18.2 Å². The molecule has 0 atom stereocenters. The summed E-state index contributed by atoms with van der Waals surface area (Å²) in [5.74, 6) is 1.09. The standard InChI is InChI=1S/C21H35N3O3/c1-7-22-19(25)14-27-17-9-8-15(10-18(17)26-6)13-23-16-11-20(2,3)24-21(4,5)12-16/h8-10,16,23-24H,7,11-14H2,1-6H3,(H,22,25). The summed E-state index contributed by atoms with van der Waals surface area (Å²) in [5.41, 5.74) is 1.37. The van der Waals surface area contributed by atoms with Crippen molar-refractivity contribution in [1.82, 2.24) is 16.0 Å². The third kappa shape index (κ3) is 6.70. The van der Waals surface area contributed by atoms with Gasteiger partial charge in [-0.15, -0.1) is 0 Å². The van der Waals surface area contributed by atoms with Gasteiger partial charge in [-0.1, -0.05) is 6.07 Å². The number of carbonyl (C=O) groups excluding carboxylic acids is 1. The minimum atomic E-state index is -0.138. The molecule has 0 unspecified atom stereocenters. The quantitative estimate of drug-likeness (QED) is 0.650. The number of nitrogens with one attached hydrogen (secondary N) is 3. The Morgan fingerprint density at radius 1 is 1.19 bits per heavy atom. The predicted octanol–water partition coefficient (Wildman–Crippen LogP) is 2.61. The van der Waals surface area contributed by atoms with Gasteiger partial charge in [0.1, 0.15) is 0 Å².